The van der Waals surface area contributed by atoms with Crippen molar-refractivity contribution in [1.29, 1.82) is 0 Å². The van der Waals surface area contributed by atoms with Crippen LogP contribution in [0.3, 0.4) is 0 Å². The van der Waals surface area contributed by atoms with Crippen LogP contribution in [0.2, 0.25) is 0 Å². The average molecular weight is 302 g/mol. The second kappa shape index (κ2) is 5.68. The minimum Gasteiger partial charge on any atom is -0.493 e. The van der Waals surface area contributed by atoms with Crippen LogP contribution in [0.5, 0.6) is 5.75 Å². The van der Waals surface area contributed by atoms with Crippen LogP contribution in [0.25, 0.3) is 0 Å². The van der Waals surface area contributed by atoms with Gasteiger partial charge in [-0.3, -0.25) is 4.79 Å². The van der Waals surface area contributed by atoms with E-state index in [1.54, 1.807) is 0 Å². The quantitative estimate of drug-likeness (QED) is 0.846. The highest BCUT2D eigenvalue weighted by Gasteiger charge is 2.37. The zero-order valence-corrected chi connectivity index (χ0v) is 13.2. The second-order valence-electron chi connectivity index (χ2n) is 6.63. The number of ether oxygens (including phenoxy) is 1. The van der Waals surface area contributed by atoms with Crippen molar-refractivity contribution in [2.75, 3.05) is 6.61 Å². The van der Waals surface area contributed by atoms with Crippen LogP contribution < -0.4 is 4.74 Å². The lowest BCUT2D eigenvalue weighted by atomic mass is 9.91. The molecule has 0 radical (unpaired) electrons. The van der Waals surface area contributed by atoms with Gasteiger partial charge in [0.1, 0.15) is 11.5 Å². The van der Waals surface area contributed by atoms with E-state index in [0.29, 0.717) is 18.1 Å². The second-order valence-corrected chi connectivity index (χ2v) is 8.24. The van der Waals surface area contributed by atoms with Gasteiger partial charge in [-0.1, -0.05) is 12.1 Å². The highest BCUT2D eigenvalue weighted by Crippen LogP contribution is 2.46. The maximum atomic E-state index is 12.5. The van der Waals surface area contributed by atoms with E-state index in [-0.39, 0.29) is 0 Å². The molecule has 3 heterocycles. The summed E-state index contributed by atoms with van der Waals surface area (Å²) in [7, 11) is 0. The van der Waals surface area contributed by atoms with Gasteiger partial charge in [-0.15, -0.1) is 0 Å². The molecule has 0 amide bonds. The van der Waals surface area contributed by atoms with Crippen molar-refractivity contribution >= 4 is 17.5 Å². The number of aryl methyl sites for hydroxylation is 1. The number of rotatable bonds is 4. The molecular formula is C18H22O2S. The van der Waals surface area contributed by atoms with Gasteiger partial charge in [-0.05, 0) is 49.3 Å². The molecule has 21 heavy (non-hydrogen) atoms. The summed E-state index contributed by atoms with van der Waals surface area (Å²) in [5.41, 5.74) is 2.60. The monoisotopic (exact) mass is 302 g/mol. The molecular weight excluding hydrogens is 280 g/mol. The molecule has 1 aromatic carbocycles. The fraction of sp³-hybridized carbons (Fsp3) is 0.611. The summed E-state index contributed by atoms with van der Waals surface area (Å²) in [6.07, 6.45) is 7.57. The lowest BCUT2D eigenvalue weighted by Crippen LogP contribution is -2.24. The molecule has 3 aliphatic heterocycles. The smallest absolute Gasteiger partial charge is 0.136 e. The molecule has 2 bridgehead atoms. The zero-order chi connectivity index (χ0) is 14.2. The zero-order valence-electron chi connectivity index (χ0n) is 12.3. The Morgan fingerprint density at radius 1 is 1.24 bits per heavy atom. The minimum atomic E-state index is 0.349. The molecule has 2 saturated heterocycles. The fourth-order valence-corrected chi connectivity index (χ4v) is 5.76. The first-order chi connectivity index (χ1) is 10.3. The molecule has 2 fully saturated rings. The van der Waals surface area contributed by atoms with Crippen LogP contribution >= 0.6 is 11.8 Å². The van der Waals surface area contributed by atoms with Crippen molar-refractivity contribution in [3.63, 3.8) is 0 Å². The standard InChI is InChI=1S/C18H22O2S/c19-17(14-10-15-3-4-16(11-14)21-15)5-1-12-2-6-18-13(9-12)7-8-20-18/h2,6,9,14-16H,1,3-5,7-8,10-11H2. The van der Waals surface area contributed by atoms with E-state index in [4.69, 9.17) is 4.74 Å². The molecule has 1 aromatic rings. The number of thioether (sulfide) groups is 1. The predicted molar refractivity (Wildman–Crippen MR) is 86.1 cm³/mol. The Hall–Kier alpha value is -0.960. The highest BCUT2D eigenvalue weighted by molar-refractivity contribution is 8.00. The third-order valence-electron chi connectivity index (χ3n) is 5.16. The topological polar surface area (TPSA) is 26.3 Å². The molecule has 0 spiro atoms. The van der Waals surface area contributed by atoms with Gasteiger partial charge < -0.3 is 4.74 Å². The molecule has 112 valence electrons. The summed E-state index contributed by atoms with van der Waals surface area (Å²) in [5.74, 6) is 1.89. The van der Waals surface area contributed by atoms with E-state index < -0.39 is 0 Å². The number of fused-ring (bicyclic) bond motifs is 3. The third-order valence-corrected chi connectivity index (χ3v) is 6.79. The van der Waals surface area contributed by atoms with Gasteiger partial charge in [0, 0.05) is 29.3 Å². The summed E-state index contributed by atoms with van der Waals surface area (Å²) < 4.78 is 5.54. The third kappa shape index (κ3) is 2.85. The Morgan fingerprint density at radius 2 is 2.05 bits per heavy atom. The largest absolute Gasteiger partial charge is 0.493 e. The van der Waals surface area contributed by atoms with Crippen molar-refractivity contribution < 1.29 is 9.53 Å². The number of carbonyl (C=O) groups excluding carboxylic acids is 1. The van der Waals surface area contributed by atoms with Crippen molar-refractivity contribution in [3.05, 3.63) is 29.3 Å². The van der Waals surface area contributed by atoms with Crippen molar-refractivity contribution in [2.24, 2.45) is 5.92 Å². The Balaban J connectivity index is 1.35. The number of carbonyl (C=O) groups is 1. The van der Waals surface area contributed by atoms with Crippen LogP contribution in [0.15, 0.2) is 18.2 Å². The molecule has 3 aliphatic rings. The Labute approximate surface area is 130 Å². The molecule has 2 nitrogen and oxygen atoms in total. The predicted octanol–water partition coefficient (Wildman–Crippen LogP) is 3.80. The van der Waals surface area contributed by atoms with Gasteiger partial charge in [0.25, 0.3) is 0 Å². The maximum Gasteiger partial charge on any atom is 0.136 e. The summed E-state index contributed by atoms with van der Waals surface area (Å²) >= 11 is 2.14. The van der Waals surface area contributed by atoms with Gasteiger partial charge in [-0.2, -0.15) is 11.8 Å². The number of Topliss-reactive ketones (excluding diaryl/α,β-unsaturated/α-hetero) is 1. The van der Waals surface area contributed by atoms with Gasteiger partial charge in [0.2, 0.25) is 0 Å². The number of ketones is 1. The first kappa shape index (κ1) is 13.7. The normalized spacial score (nSPS) is 30.0. The number of benzene rings is 1. The SMILES string of the molecule is O=C(CCc1ccc2c(c1)CCO2)C1CC2CCC(C1)S2. The van der Waals surface area contributed by atoms with E-state index in [0.717, 1.165) is 48.5 Å². The first-order valence-electron chi connectivity index (χ1n) is 8.21. The Bertz CT molecular complexity index is 542. The molecule has 4 rings (SSSR count). The van der Waals surface area contributed by atoms with Gasteiger partial charge in [-0.25, -0.2) is 0 Å². The van der Waals surface area contributed by atoms with Crippen molar-refractivity contribution in [3.8, 4) is 5.75 Å². The first-order valence-corrected chi connectivity index (χ1v) is 9.15. The highest BCUT2D eigenvalue weighted by atomic mass is 32.2. The fourth-order valence-electron chi connectivity index (χ4n) is 3.99. The minimum absolute atomic E-state index is 0.349. The van der Waals surface area contributed by atoms with Crippen LogP contribution in [0.1, 0.15) is 43.2 Å². The molecule has 3 heteroatoms. The maximum absolute atomic E-state index is 12.5. The molecule has 0 aromatic heterocycles. The number of hydrogen-bond acceptors (Lipinski definition) is 3. The summed E-state index contributed by atoms with van der Waals surface area (Å²) in [4.78, 5) is 12.5. The van der Waals surface area contributed by atoms with Crippen LogP contribution in [0, 0.1) is 5.92 Å². The molecule has 2 atom stereocenters. The van der Waals surface area contributed by atoms with Gasteiger partial charge in [0.05, 0.1) is 6.61 Å². The van der Waals surface area contributed by atoms with Crippen molar-refractivity contribution in [1.82, 2.24) is 0 Å². The van der Waals surface area contributed by atoms with Crippen LogP contribution in [-0.2, 0) is 17.6 Å². The molecule has 2 unspecified atom stereocenters. The van der Waals surface area contributed by atoms with Crippen LogP contribution in [-0.4, -0.2) is 22.9 Å². The molecule has 0 saturated carbocycles. The Kier molecular flexibility index (Phi) is 3.70. The average Bonchev–Trinajstić information content (AvgIpc) is 3.10. The van der Waals surface area contributed by atoms with E-state index in [9.17, 15) is 4.79 Å². The van der Waals surface area contributed by atoms with Crippen LogP contribution in [0.4, 0.5) is 0 Å². The summed E-state index contributed by atoms with van der Waals surface area (Å²) in [6, 6.07) is 6.42. The van der Waals surface area contributed by atoms with E-state index in [1.807, 2.05) is 0 Å². The Morgan fingerprint density at radius 3 is 2.86 bits per heavy atom. The van der Waals surface area contributed by atoms with Gasteiger partial charge >= 0.3 is 0 Å². The lowest BCUT2D eigenvalue weighted by molar-refractivity contribution is -0.123. The van der Waals surface area contributed by atoms with Crippen molar-refractivity contribution in [2.45, 2.75) is 55.4 Å². The van der Waals surface area contributed by atoms with E-state index in [2.05, 4.69) is 30.0 Å². The number of hydrogen-bond donors (Lipinski definition) is 0. The summed E-state index contributed by atoms with van der Waals surface area (Å²) in [6.45, 7) is 0.806. The summed E-state index contributed by atoms with van der Waals surface area (Å²) in [5, 5.41) is 1.55. The molecule has 0 N–H and O–H groups in total. The molecule has 0 aliphatic carbocycles. The van der Waals surface area contributed by atoms with Gasteiger partial charge in [0.15, 0.2) is 0 Å². The van der Waals surface area contributed by atoms with E-state index >= 15 is 0 Å². The lowest BCUT2D eigenvalue weighted by Gasteiger charge is -2.26. The van der Waals surface area contributed by atoms with E-state index in [1.165, 1.54) is 24.0 Å².